The number of benzene rings is 2. The minimum Gasteiger partial charge on any atom is -0.492 e. The highest BCUT2D eigenvalue weighted by molar-refractivity contribution is 5.68. The van der Waals surface area contributed by atoms with E-state index in [1.54, 1.807) is 24.3 Å². The average Bonchev–Trinajstić information content (AvgIpc) is 3.24. The maximum Gasteiger partial charge on any atom is 0.421 e. The number of hydrogen-bond acceptors (Lipinski definition) is 4. The number of halogens is 3. The standard InChI is InChI=1S/C22H21F3O5/c1-21(28,22(23,24)25)17-4-2-3-16-15(17)7-8-18(16)30-13-5-6-14-12(9-20(26)27)11-29-19(14)10-13/h2-6,10,12,18,28H,7-9,11H2,1H3,(H,26,27)/t12?,18-,21?/m1/s1. The highest BCUT2D eigenvalue weighted by Crippen LogP contribution is 2.46. The van der Waals surface area contributed by atoms with E-state index in [1.165, 1.54) is 12.1 Å². The largest absolute Gasteiger partial charge is 0.492 e. The maximum absolute atomic E-state index is 13.3. The summed E-state index contributed by atoms with van der Waals surface area (Å²) in [5.74, 6) is -0.0583. The fourth-order valence-electron chi connectivity index (χ4n) is 4.22. The van der Waals surface area contributed by atoms with Gasteiger partial charge in [-0.05, 0) is 42.5 Å². The molecule has 1 heterocycles. The molecule has 2 unspecified atom stereocenters. The maximum atomic E-state index is 13.3. The van der Waals surface area contributed by atoms with Crippen LogP contribution in [0.2, 0.25) is 0 Å². The van der Waals surface area contributed by atoms with Crippen molar-refractivity contribution in [3.05, 3.63) is 58.7 Å². The SMILES string of the molecule is CC(O)(c1cccc2c1CC[C@H]2Oc1ccc2c(c1)OCC2CC(=O)O)C(F)(F)F. The van der Waals surface area contributed by atoms with E-state index in [0.29, 0.717) is 35.5 Å². The van der Waals surface area contributed by atoms with Crippen LogP contribution in [-0.2, 0) is 16.8 Å². The molecule has 0 fully saturated rings. The Morgan fingerprint density at radius 3 is 2.70 bits per heavy atom. The summed E-state index contributed by atoms with van der Waals surface area (Å²) >= 11 is 0. The monoisotopic (exact) mass is 422 g/mol. The topological polar surface area (TPSA) is 76.0 Å². The molecule has 0 amide bonds. The summed E-state index contributed by atoms with van der Waals surface area (Å²) in [7, 11) is 0. The lowest BCUT2D eigenvalue weighted by molar-refractivity contribution is -0.259. The lowest BCUT2D eigenvalue weighted by Gasteiger charge is -2.29. The summed E-state index contributed by atoms with van der Waals surface area (Å²) in [4.78, 5) is 11.0. The van der Waals surface area contributed by atoms with Gasteiger partial charge in [0.2, 0.25) is 0 Å². The summed E-state index contributed by atoms with van der Waals surface area (Å²) in [5.41, 5.74) is -1.19. The second-order valence-electron chi connectivity index (χ2n) is 7.89. The number of carboxylic acids is 1. The van der Waals surface area contributed by atoms with E-state index in [1.807, 2.05) is 0 Å². The lowest BCUT2D eigenvalue weighted by atomic mass is 9.89. The summed E-state index contributed by atoms with van der Waals surface area (Å²) in [6.45, 7) is 1.05. The Hall–Kier alpha value is -2.74. The zero-order chi connectivity index (χ0) is 21.7. The zero-order valence-electron chi connectivity index (χ0n) is 16.2. The van der Waals surface area contributed by atoms with E-state index in [2.05, 4.69) is 0 Å². The van der Waals surface area contributed by atoms with Crippen LogP contribution in [0.3, 0.4) is 0 Å². The van der Waals surface area contributed by atoms with Crippen molar-refractivity contribution < 1.29 is 37.7 Å². The summed E-state index contributed by atoms with van der Waals surface area (Å²) in [5, 5.41) is 19.1. The third kappa shape index (κ3) is 3.49. The number of hydrogen-bond donors (Lipinski definition) is 2. The fourth-order valence-corrected chi connectivity index (χ4v) is 4.22. The molecule has 2 N–H and O–H groups in total. The molecule has 0 spiro atoms. The van der Waals surface area contributed by atoms with Gasteiger partial charge in [0.15, 0.2) is 5.60 Å². The van der Waals surface area contributed by atoms with Crippen molar-refractivity contribution in [2.45, 2.75) is 50.0 Å². The third-order valence-corrected chi connectivity index (χ3v) is 5.86. The number of fused-ring (bicyclic) bond motifs is 2. The molecule has 8 heteroatoms. The minimum absolute atomic E-state index is 0.0227. The van der Waals surface area contributed by atoms with E-state index < -0.39 is 23.9 Å². The first-order valence-corrected chi connectivity index (χ1v) is 9.64. The van der Waals surface area contributed by atoms with E-state index in [9.17, 15) is 23.1 Å². The molecule has 1 aliphatic heterocycles. The molecule has 5 nitrogen and oxygen atoms in total. The Morgan fingerprint density at radius 2 is 2.00 bits per heavy atom. The molecule has 4 rings (SSSR count). The van der Waals surface area contributed by atoms with Gasteiger partial charge in [-0.15, -0.1) is 0 Å². The highest BCUT2D eigenvalue weighted by atomic mass is 19.4. The van der Waals surface area contributed by atoms with Crippen molar-refractivity contribution in [2.75, 3.05) is 6.61 Å². The quantitative estimate of drug-likeness (QED) is 0.744. The first-order chi connectivity index (χ1) is 14.1. The lowest BCUT2D eigenvalue weighted by Crippen LogP contribution is -2.40. The van der Waals surface area contributed by atoms with Gasteiger partial charge in [-0.2, -0.15) is 13.2 Å². The van der Waals surface area contributed by atoms with Crippen LogP contribution in [0.25, 0.3) is 0 Å². The molecular weight excluding hydrogens is 401 g/mol. The first-order valence-electron chi connectivity index (χ1n) is 9.64. The third-order valence-electron chi connectivity index (χ3n) is 5.86. The number of aliphatic carboxylic acids is 1. The van der Waals surface area contributed by atoms with Gasteiger partial charge in [-0.1, -0.05) is 24.3 Å². The predicted molar refractivity (Wildman–Crippen MR) is 101 cm³/mol. The zero-order valence-corrected chi connectivity index (χ0v) is 16.2. The molecule has 2 aliphatic rings. The van der Waals surface area contributed by atoms with Gasteiger partial charge >= 0.3 is 12.1 Å². The molecule has 1 aliphatic carbocycles. The van der Waals surface area contributed by atoms with Gasteiger partial charge in [0.25, 0.3) is 0 Å². The first kappa shape index (κ1) is 20.5. The summed E-state index contributed by atoms with van der Waals surface area (Å²) < 4.78 is 51.6. The van der Waals surface area contributed by atoms with Crippen LogP contribution in [0.5, 0.6) is 11.5 Å². The van der Waals surface area contributed by atoms with Crippen molar-refractivity contribution in [1.29, 1.82) is 0 Å². The Kier molecular flexibility index (Phi) is 4.92. The van der Waals surface area contributed by atoms with E-state index in [-0.39, 0.29) is 24.5 Å². The van der Waals surface area contributed by atoms with Crippen molar-refractivity contribution in [1.82, 2.24) is 0 Å². The van der Waals surface area contributed by atoms with Gasteiger partial charge in [0.1, 0.15) is 17.6 Å². The Balaban J connectivity index is 1.57. The van der Waals surface area contributed by atoms with Crippen LogP contribution in [0.1, 0.15) is 54.0 Å². The molecule has 2 aromatic carbocycles. The van der Waals surface area contributed by atoms with Crippen molar-refractivity contribution in [2.24, 2.45) is 0 Å². The van der Waals surface area contributed by atoms with Crippen LogP contribution in [0, 0.1) is 0 Å². The number of carboxylic acid groups (broad SMARTS) is 1. The Morgan fingerprint density at radius 1 is 1.23 bits per heavy atom. The van der Waals surface area contributed by atoms with Crippen LogP contribution in [0.4, 0.5) is 13.2 Å². The Bertz CT molecular complexity index is 983. The molecule has 0 aromatic heterocycles. The molecule has 0 saturated carbocycles. The van der Waals surface area contributed by atoms with Gasteiger partial charge in [0.05, 0.1) is 13.0 Å². The summed E-state index contributed by atoms with van der Waals surface area (Å²) in [6, 6.07) is 9.70. The predicted octanol–water partition coefficient (Wildman–Crippen LogP) is 4.47. The van der Waals surface area contributed by atoms with Crippen molar-refractivity contribution in [3.8, 4) is 11.5 Å². The molecule has 3 atom stereocenters. The number of rotatable bonds is 5. The fraction of sp³-hybridized carbons (Fsp3) is 0.409. The van der Waals surface area contributed by atoms with Crippen molar-refractivity contribution >= 4 is 5.97 Å². The average molecular weight is 422 g/mol. The molecule has 0 radical (unpaired) electrons. The van der Waals surface area contributed by atoms with E-state index >= 15 is 0 Å². The molecule has 160 valence electrons. The minimum atomic E-state index is -4.79. The second-order valence-corrected chi connectivity index (χ2v) is 7.89. The van der Waals surface area contributed by atoms with E-state index in [4.69, 9.17) is 14.6 Å². The van der Waals surface area contributed by atoms with Crippen LogP contribution in [-0.4, -0.2) is 29.0 Å². The number of carbonyl (C=O) groups is 1. The van der Waals surface area contributed by atoms with Crippen LogP contribution in [0.15, 0.2) is 36.4 Å². The van der Waals surface area contributed by atoms with Gasteiger partial charge in [0, 0.05) is 17.5 Å². The smallest absolute Gasteiger partial charge is 0.421 e. The van der Waals surface area contributed by atoms with Gasteiger partial charge in [-0.3, -0.25) is 4.79 Å². The molecule has 2 aromatic rings. The second kappa shape index (κ2) is 7.19. The van der Waals surface area contributed by atoms with Gasteiger partial charge in [-0.25, -0.2) is 0 Å². The van der Waals surface area contributed by atoms with Crippen molar-refractivity contribution in [3.63, 3.8) is 0 Å². The number of ether oxygens (including phenoxy) is 2. The molecule has 0 saturated heterocycles. The number of alkyl halides is 3. The van der Waals surface area contributed by atoms with Crippen LogP contribution < -0.4 is 9.47 Å². The van der Waals surface area contributed by atoms with Crippen LogP contribution >= 0.6 is 0 Å². The normalized spacial score (nSPS) is 22.0. The highest BCUT2D eigenvalue weighted by Gasteiger charge is 2.52. The molecule has 30 heavy (non-hydrogen) atoms. The molecular formula is C22H21F3O5. The summed E-state index contributed by atoms with van der Waals surface area (Å²) in [6.07, 6.45) is -4.40. The Labute approximate surface area is 171 Å². The van der Waals surface area contributed by atoms with E-state index in [0.717, 1.165) is 12.5 Å². The number of aliphatic hydroxyl groups is 1. The molecule has 0 bridgehead atoms. The van der Waals surface area contributed by atoms with Gasteiger partial charge < -0.3 is 19.7 Å².